The van der Waals surface area contributed by atoms with Crippen molar-refractivity contribution in [2.24, 2.45) is 7.05 Å². The maximum atomic E-state index is 15.4. The molecule has 34 heavy (non-hydrogen) atoms. The van der Waals surface area contributed by atoms with E-state index in [4.69, 9.17) is 14.6 Å². The Morgan fingerprint density at radius 1 is 1.18 bits per heavy atom. The summed E-state index contributed by atoms with van der Waals surface area (Å²) in [6.45, 7) is 7.39. The Morgan fingerprint density at radius 2 is 1.94 bits per heavy atom. The number of anilines is 1. The Labute approximate surface area is 196 Å². The van der Waals surface area contributed by atoms with Crippen molar-refractivity contribution in [2.75, 3.05) is 24.6 Å². The maximum absolute atomic E-state index is 15.4. The van der Waals surface area contributed by atoms with Gasteiger partial charge >= 0.3 is 5.97 Å². The van der Waals surface area contributed by atoms with Crippen molar-refractivity contribution in [1.82, 2.24) is 19.6 Å². The van der Waals surface area contributed by atoms with Gasteiger partial charge in [0.15, 0.2) is 5.82 Å². The average Bonchev–Trinajstić information content (AvgIpc) is 3.33. The number of carbonyl (C=O) groups excluding carboxylic acids is 1. The first kappa shape index (κ1) is 22.3. The summed E-state index contributed by atoms with van der Waals surface area (Å²) >= 11 is 0. The first-order chi connectivity index (χ1) is 16.4. The van der Waals surface area contributed by atoms with Gasteiger partial charge in [-0.2, -0.15) is 10.2 Å². The van der Waals surface area contributed by atoms with Crippen LogP contribution in [0.4, 0.5) is 10.2 Å². The van der Waals surface area contributed by atoms with Gasteiger partial charge in [-0.3, -0.25) is 14.2 Å². The molecule has 0 unspecified atom stereocenters. The number of nitrogens with zero attached hydrogens (tertiary/aromatic N) is 5. The number of aryl methyl sites for hydroxylation is 1. The fourth-order valence-corrected chi connectivity index (χ4v) is 4.83. The van der Waals surface area contributed by atoms with Gasteiger partial charge in [-0.15, -0.1) is 0 Å². The number of rotatable bonds is 5. The van der Waals surface area contributed by atoms with Crippen LogP contribution in [-0.2, 0) is 27.9 Å². The molecule has 4 aromatic rings. The predicted molar refractivity (Wildman–Crippen MR) is 128 cm³/mol. The van der Waals surface area contributed by atoms with Crippen LogP contribution < -0.4 is 4.90 Å². The quantitative estimate of drug-likeness (QED) is 0.416. The summed E-state index contributed by atoms with van der Waals surface area (Å²) in [5, 5.41) is 10.6. The van der Waals surface area contributed by atoms with E-state index >= 15 is 4.39 Å². The molecule has 0 N–H and O–H groups in total. The molecule has 1 aliphatic heterocycles. The lowest BCUT2D eigenvalue weighted by Crippen LogP contribution is -2.45. The Morgan fingerprint density at radius 3 is 2.68 bits per heavy atom. The van der Waals surface area contributed by atoms with E-state index in [1.165, 1.54) is 6.07 Å². The smallest absolute Gasteiger partial charge is 0.327 e. The van der Waals surface area contributed by atoms with Crippen molar-refractivity contribution < 1.29 is 18.7 Å². The van der Waals surface area contributed by atoms with Crippen LogP contribution in [0.2, 0.25) is 0 Å². The van der Waals surface area contributed by atoms with Crippen molar-refractivity contribution in [1.29, 1.82) is 0 Å². The fourth-order valence-electron chi connectivity index (χ4n) is 4.83. The third kappa shape index (κ3) is 3.90. The number of hydrogen-bond acceptors (Lipinski definition) is 6. The zero-order valence-electron chi connectivity index (χ0n) is 19.8. The van der Waals surface area contributed by atoms with Crippen LogP contribution >= 0.6 is 0 Å². The summed E-state index contributed by atoms with van der Waals surface area (Å²) in [7, 11) is 1.84. The summed E-state index contributed by atoms with van der Waals surface area (Å²) in [4.78, 5) is 14.5. The van der Waals surface area contributed by atoms with Gasteiger partial charge in [-0.25, -0.2) is 4.39 Å². The topological polar surface area (TPSA) is 74.4 Å². The number of fused-ring (bicyclic) bond motifs is 2. The third-order valence-electron chi connectivity index (χ3n) is 6.19. The second-order valence-corrected chi connectivity index (χ2v) is 8.81. The molecule has 0 aliphatic carbocycles. The van der Waals surface area contributed by atoms with Crippen LogP contribution in [0, 0.1) is 5.82 Å². The summed E-state index contributed by atoms with van der Waals surface area (Å²) in [5.74, 6) is 0.0114. The van der Waals surface area contributed by atoms with Gasteiger partial charge in [-0.1, -0.05) is 12.1 Å². The number of carbonyl (C=O) groups is 1. The van der Waals surface area contributed by atoms with Gasteiger partial charge in [0, 0.05) is 31.1 Å². The maximum Gasteiger partial charge on any atom is 0.327 e. The second-order valence-electron chi connectivity index (χ2n) is 8.81. The van der Waals surface area contributed by atoms with E-state index in [0.29, 0.717) is 31.1 Å². The zero-order valence-corrected chi connectivity index (χ0v) is 19.8. The summed E-state index contributed by atoms with van der Waals surface area (Å²) in [6, 6.07) is 9.00. The Kier molecular flexibility index (Phi) is 5.73. The highest BCUT2D eigenvalue weighted by Gasteiger charge is 2.28. The molecular formula is C25H28FN5O3. The molecule has 1 fully saturated rings. The molecule has 0 amide bonds. The van der Waals surface area contributed by atoms with Crippen LogP contribution in [0.3, 0.4) is 0 Å². The number of aromatic nitrogens is 4. The van der Waals surface area contributed by atoms with E-state index in [1.54, 1.807) is 22.5 Å². The molecule has 3 heterocycles. The molecule has 0 radical (unpaired) electrons. The van der Waals surface area contributed by atoms with Gasteiger partial charge in [-0.05, 0) is 44.5 Å². The van der Waals surface area contributed by atoms with Gasteiger partial charge in [0.1, 0.15) is 12.4 Å². The van der Waals surface area contributed by atoms with Crippen LogP contribution in [-0.4, -0.2) is 57.4 Å². The minimum absolute atomic E-state index is 0.0173. The molecule has 5 rings (SSSR count). The van der Waals surface area contributed by atoms with E-state index in [1.807, 2.05) is 45.2 Å². The van der Waals surface area contributed by atoms with Gasteiger partial charge in [0.25, 0.3) is 0 Å². The third-order valence-corrected chi connectivity index (χ3v) is 6.19. The number of halogens is 1. The average molecular weight is 466 g/mol. The molecule has 2 aromatic carbocycles. The molecule has 0 spiro atoms. The van der Waals surface area contributed by atoms with Gasteiger partial charge in [0.2, 0.25) is 0 Å². The number of morpholine rings is 1. The molecule has 9 heteroatoms. The Hall–Kier alpha value is -3.46. The molecule has 2 aromatic heterocycles. The molecule has 2 atom stereocenters. The number of hydrogen-bond donors (Lipinski definition) is 0. The minimum atomic E-state index is -0.366. The largest absolute Gasteiger partial charge is 0.465 e. The number of esters is 1. The second kappa shape index (κ2) is 8.72. The number of benzene rings is 2. The molecule has 8 nitrogen and oxygen atoms in total. The van der Waals surface area contributed by atoms with Crippen molar-refractivity contribution in [3.63, 3.8) is 0 Å². The van der Waals surface area contributed by atoms with Crippen molar-refractivity contribution in [3.05, 3.63) is 42.3 Å². The van der Waals surface area contributed by atoms with Crippen molar-refractivity contribution in [2.45, 2.75) is 39.5 Å². The lowest BCUT2D eigenvalue weighted by Gasteiger charge is -2.35. The van der Waals surface area contributed by atoms with E-state index in [2.05, 4.69) is 10.00 Å². The fraction of sp³-hybridized carbons (Fsp3) is 0.400. The first-order valence-electron chi connectivity index (χ1n) is 11.5. The lowest BCUT2D eigenvalue weighted by atomic mass is 9.99. The molecule has 0 bridgehead atoms. The lowest BCUT2D eigenvalue weighted by molar-refractivity contribution is -0.143. The van der Waals surface area contributed by atoms with E-state index in [0.717, 1.165) is 27.4 Å². The van der Waals surface area contributed by atoms with E-state index in [-0.39, 0.29) is 30.5 Å². The van der Waals surface area contributed by atoms with Gasteiger partial charge < -0.3 is 14.4 Å². The van der Waals surface area contributed by atoms with Crippen LogP contribution in [0.1, 0.15) is 20.8 Å². The highest BCUT2D eigenvalue weighted by Crippen LogP contribution is 2.38. The normalized spacial score (nSPS) is 18.7. The molecule has 0 saturated carbocycles. The van der Waals surface area contributed by atoms with Crippen LogP contribution in [0.25, 0.3) is 32.9 Å². The van der Waals surface area contributed by atoms with Gasteiger partial charge in [0.05, 0.1) is 41.4 Å². The Balaban J connectivity index is 1.73. The van der Waals surface area contributed by atoms with Crippen molar-refractivity contribution in [3.8, 4) is 11.1 Å². The predicted octanol–water partition coefficient (Wildman–Crippen LogP) is 3.91. The zero-order chi connectivity index (χ0) is 24.0. The standard InChI is InChI=1S/C25H28FN5O3/c1-5-33-23(32)14-31-21-8-6-7-18(19-10-22-17(9-20(19)26)11-27-29(22)4)24(21)25(28-31)30-12-15(2)34-16(3)13-30/h6-11,15-16H,5,12-14H2,1-4H3/t15-,16+. The van der Waals surface area contributed by atoms with E-state index < -0.39 is 0 Å². The summed E-state index contributed by atoms with van der Waals surface area (Å²) in [5.41, 5.74) is 2.77. The SMILES string of the molecule is CCOC(=O)Cn1nc(N2C[C@@H](C)O[C@@H](C)C2)c2c(-c3cc4c(cnn4C)cc3F)cccc21. The Bertz CT molecular complexity index is 1370. The first-order valence-corrected chi connectivity index (χ1v) is 11.5. The molecule has 178 valence electrons. The van der Waals surface area contributed by atoms with Crippen molar-refractivity contribution >= 4 is 33.6 Å². The molecule has 1 saturated heterocycles. The van der Waals surface area contributed by atoms with Crippen LogP contribution in [0.15, 0.2) is 36.5 Å². The summed E-state index contributed by atoms with van der Waals surface area (Å²) < 4.78 is 29.9. The number of ether oxygens (including phenoxy) is 2. The highest BCUT2D eigenvalue weighted by molar-refractivity contribution is 6.04. The highest BCUT2D eigenvalue weighted by atomic mass is 19.1. The summed E-state index contributed by atoms with van der Waals surface area (Å²) in [6.07, 6.45) is 1.69. The van der Waals surface area contributed by atoms with E-state index in [9.17, 15) is 4.79 Å². The monoisotopic (exact) mass is 465 g/mol. The molecular weight excluding hydrogens is 437 g/mol. The minimum Gasteiger partial charge on any atom is -0.465 e. The molecule has 1 aliphatic rings. The van der Waals surface area contributed by atoms with Crippen LogP contribution in [0.5, 0.6) is 0 Å².